The largest absolute Gasteiger partial charge is 0.496 e. The Hall–Kier alpha value is -2.43. The Labute approximate surface area is 207 Å². The highest BCUT2D eigenvalue weighted by Gasteiger charge is 2.16. The molecular weight excluding hydrogens is 558 g/mol. The first-order chi connectivity index (χ1) is 15.4. The Morgan fingerprint density at radius 3 is 2.62 bits per heavy atom. The van der Waals surface area contributed by atoms with E-state index < -0.39 is 0 Å². The van der Waals surface area contributed by atoms with Crippen molar-refractivity contribution in [3.63, 3.8) is 0 Å². The summed E-state index contributed by atoms with van der Waals surface area (Å²) in [6, 6.07) is 13.4. The zero-order chi connectivity index (χ0) is 23.1. The average molecular weight is 579 g/mol. The Kier molecular flexibility index (Phi) is 8.66. The molecule has 32 heavy (non-hydrogen) atoms. The number of aromatic nitrogens is 3. The highest BCUT2D eigenvalue weighted by Crippen LogP contribution is 2.26. The molecule has 0 spiro atoms. The molecular formula is C22H21Br2N5O2S. The molecule has 0 atom stereocenters. The predicted octanol–water partition coefficient (Wildman–Crippen LogP) is 5.30. The molecule has 10 heteroatoms. The molecule has 1 N–H and O–H groups in total. The number of benzene rings is 2. The van der Waals surface area contributed by atoms with Crippen molar-refractivity contribution < 1.29 is 9.53 Å². The van der Waals surface area contributed by atoms with E-state index in [0.717, 1.165) is 31.5 Å². The first-order valence-corrected chi connectivity index (χ1v) is 12.1. The summed E-state index contributed by atoms with van der Waals surface area (Å²) in [5.74, 6) is 1.27. The molecule has 1 aromatic heterocycles. The second kappa shape index (κ2) is 11.4. The third-order valence-corrected chi connectivity index (χ3v) is 6.15. The Bertz CT molecular complexity index is 1150. The Morgan fingerprint density at radius 2 is 1.94 bits per heavy atom. The third kappa shape index (κ3) is 6.54. The summed E-state index contributed by atoms with van der Waals surface area (Å²) in [4.78, 5) is 12.3. The normalized spacial score (nSPS) is 11.0. The first kappa shape index (κ1) is 24.2. The van der Waals surface area contributed by atoms with Crippen LogP contribution in [0.5, 0.6) is 5.75 Å². The number of carbonyl (C=O) groups is 1. The van der Waals surface area contributed by atoms with Crippen molar-refractivity contribution in [2.45, 2.75) is 18.6 Å². The van der Waals surface area contributed by atoms with Crippen LogP contribution in [0.4, 0.5) is 0 Å². The summed E-state index contributed by atoms with van der Waals surface area (Å²) < 4.78 is 9.13. The van der Waals surface area contributed by atoms with Gasteiger partial charge < -0.3 is 4.74 Å². The van der Waals surface area contributed by atoms with E-state index in [4.69, 9.17) is 4.74 Å². The molecule has 0 saturated carbocycles. The predicted molar refractivity (Wildman–Crippen MR) is 135 cm³/mol. The van der Waals surface area contributed by atoms with Gasteiger partial charge in [0, 0.05) is 26.6 Å². The second-order valence-electron chi connectivity index (χ2n) is 6.82. The number of allylic oxidation sites excluding steroid dienone is 1. The lowest BCUT2D eigenvalue weighted by Gasteiger charge is -2.10. The van der Waals surface area contributed by atoms with Gasteiger partial charge in [-0.15, -0.1) is 10.2 Å². The lowest BCUT2D eigenvalue weighted by Crippen LogP contribution is -2.20. The number of nitrogens with zero attached hydrogens (tertiary/aromatic N) is 4. The van der Waals surface area contributed by atoms with Crippen molar-refractivity contribution in [1.29, 1.82) is 0 Å². The van der Waals surface area contributed by atoms with Gasteiger partial charge in [-0.2, -0.15) is 5.10 Å². The monoisotopic (exact) mass is 577 g/mol. The van der Waals surface area contributed by atoms with Crippen LogP contribution >= 0.6 is 43.6 Å². The molecule has 0 aliphatic rings. The number of nitrogens with one attached hydrogen (secondary N) is 1. The fraction of sp³-hybridized carbons (Fsp3) is 0.182. The van der Waals surface area contributed by atoms with E-state index in [1.807, 2.05) is 54.0 Å². The number of amides is 1. The van der Waals surface area contributed by atoms with E-state index in [0.29, 0.717) is 17.5 Å². The Balaban J connectivity index is 1.67. The minimum Gasteiger partial charge on any atom is -0.496 e. The molecule has 1 heterocycles. The summed E-state index contributed by atoms with van der Waals surface area (Å²) in [6.07, 6.45) is 1.54. The van der Waals surface area contributed by atoms with Gasteiger partial charge >= 0.3 is 0 Å². The van der Waals surface area contributed by atoms with E-state index in [1.165, 1.54) is 11.8 Å². The summed E-state index contributed by atoms with van der Waals surface area (Å²) in [7, 11) is 1.58. The minimum atomic E-state index is -0.254. The van der Waals surface area contributed by atoms with Gasteiger partial charge in [0.15, 0.2) is 11.0 Å². The van der Waals surface area contributed by atoms with Gasteiger partial charge in [-0.05, 0) is 37.3 Å². The number of thioether (sulfide) groups is 1. The van der Waals surface area contributed by atoms with E-state index in [2.05, 4.69) is 59.2 Å². The molecule has 3 aromatic rings. The second-order valence-corrected chi connectivity index (χ2v) is 9.60. The van der Waals surface area contributed by atoms with Crippen LogP contribution in [0.3, 0.4) is 0 Å². The number of rotatable bonds is 9. The number of hydrazone groups is 1. The fourth-order valence-corrected chi connectivity index (χ4v) is 4.14. The number of halogens is 2. The van der Waals surface area contributed by atoms with Gasteiger partial charge in [-0.3, -0.25) is 9.36 Å². The molecule has 0 aliphatic carbocycles. The van der Waals surface area contributed by atoms with E-state index in [-0.39, 0.29) is 11.7 Å². The molecule has 0 bridgehead atoms. The smallest absolute Gasteiger partial charge is 0.250 e. The van der Waals surface area contributed by atoms with E-state index in [9.17, 15) is 4.79 Å². The van der Waals surface area contributed by atoms with Crippen LogP contribution in [0.2, 0.25) is 0 Å². The maximum atomic E-state index is 12.3. The Morgan fingerprint density at radius 1 is 1.22 bits per heavy atom. The standard InChI is InChI=1S/C22H21Br2N5O2S/c1-14(2)12-29-21(15-4-6-17(23)7-5-15)27-28-22(29)32-13-20(30)26-25-11-16-10-18(24)8-9-19(16)31-3/h4-11H,1,12-13H2,2-3H3,(H,26,30)/b25-11-. The van der Waals surface area contributed by atoms with Gasteiger partial charge in [0.05, 0.1) is 19.1 Å². The van der Waals surface area contributed by atoms with E-state index >= 15 is 0 Å². The molecule has 0 fully saturated rings. The summed E-state index contributed by atoms with van der Waals surface area (Å²) >= 11 is 8.15. The van der Waals surface area contributed by atoms with Gasteiger partial charge in [-0.25, -0.2) is 5.43 Å². The molecule has 0 unspecified atom stereocenters. The van der Waals surface area contributed by atoms with Crippen molar-refractivity contribution in [1.82, 2.24) is 20.2 Å². The molecule has 7 nitrogen and oxygen atoms in total. The van der Waals surface area contributed by atoms with Crippen LogP contribution in [0.1, 0.15) is 12.5 Å². The van der Waals surface area contributed by atoms with Gasteiger partial charge in [-0.1, -0.05) is 67.9 Å². The zero-order valence-electron chi connectivity index (χ0n) is 17.5. The van der Waals surface area contributed by atoms with Crippen molar-refractivity contribution >= 4 is 55.7 Å². The van der Waals surface area contributed by atoms with Crippen LogP contribution in [-0.2, 0) is 11.3 Å². The van der Waals surface area contributed by atoms with Crippen LogP contribution in [0.25, 0.3) is 11.4 Å². The highest BCUT2D eigenvalue weighted by atomic mass is 79.9. The summed E-state index contributed by atoms with van der Waals surface area (Å²) in [5.41, 5.74) is 5.18. The fourth-order valence-electron chi connectivity index (χ4n) is 2.76. The van der Waals surface area contributed by atoms with E-state index in [1.54, 1.807) is 13.3 Å². The van der Waals surface area contributed by atoms with Crippen molar-refractivity contribution in [3.05, 3.63) is 69.1 Å². The number of carbonyl (C=O) groups excluding carboxylic acids is 1. The minimum absolute atomic E-state index is 0.140. The summed E-state index contributed by atoms with van der Waals surface area (Å²) in [5, 5.41) is 13.3. The highest BCUT2D eigenvalue weighted by molar-refractivity contribution is 9.10. The summed E-state index contributed by atoms with van der Waals surface area (Å²) in [6.45, 7) is 6.50. The van der Waals surface area contributed by atoms with Crippen LogP contribution in [0, 0.1) is 0 Å². The molecule has 1 amide bonds. The number of methoxy groups -OCH3 is 1. The maximum Gasteiger partial charge on any atom is 0.250 e. The molecule has 0 radical (unpaired) electrons. The van der Waals surface area contributed by atoms with Crippen LogP contribution < -0.4 is 10.2 Å². The molecule has 0 aliphatic heterocycles. The van der Waals surface area contributed by atoms with Crippen LogP contribution in [0.15, 0.2) is 73.8 Å². The first-order valence-electron chi connectivity index (χ1n) is 9.49. The van der Waals surface area contributed by atoms with Crippen molar-refractivity contribution in [2.75, 3.05) is 12.9 Å². The molecule has 2 aromatic carbocycles. The average Bonchev–Trinajstić information content (AvgIpc) is 3.14. The zero-order valence-corrected chi connectivity index (χ0v) is 21.5. The van der Waals surface area contributed by atoms with Crippen molar-refractivity contribution in [2.24, 2.45) is 5.10 Å². The van der Waals surface area contributed by atoms with Gasteiger partial charge in [0.25, 0.3) is 5.91 Å². The lowest BCUT2D eigenvalue weighted by molar-refractivity contribution is -0.118. The number of hydrogen-bond donors (Lipinski definition) is 1. The van der Waals surface area contributed by atoms with Gasteiger partial charge in [0.2, 0.25) is 0 Å². The molecule has 3 rings (SSSR count). The molecule has 0 saturated heterocycles. The number of hydrogen-bond acceptors (Lipinski definition) is 6. The lowest BCUT2D eigenvalue weighted by atomic mass is 10.2. The van der Waals surface area contributed by atoms with Crippen molar-refractivity contribution in [3.8, 4) is 17.1 Å². The number of ether oxygens (including phenoxy) is 1. The topological polar surface area (TPSA) is 81.4 Å². The third-order valence-electron chi connectivity index (χ3n) is 4.16. The quantitative estimate of drug-likeness (QED) is 0.161. The van der Waals surface area contributed by atoms with Gasteiger partial charge in [0.1, 0.15) is 5.75 Å². The maximum absolute atomic E-state index is 12.3. The van der Waals surface area contributed by atoms with Crippen LogP contribution in [-0.4, -0.2) is 39.7 Å². The molecule has 166 valence electrons. The SMILES string of the molecule is C=C(C)Cn1c(SCC(=O)N/N=C\c2cc(Br)ccc2OC)nnc1-c1ccc(Br)cc1.